The van der Waals surface area contributed by atoms with E-state index in [4.69, 9.17) is 11.6 Å². The van der Waals surface area contributed by atoms with Crippen LogP contribution in [-0.4, -0.2) is 33.5 Å². The van der Waals surface area contributed by atoms with Gasteiger partial charge in [-0.25, -0.2) is 13.1 Å². The van der Waals surface area contributed by atoms with Crippen molar-refractivity contribution in [1.82, 2.24) is 24.9 Å². The van der Waals surface area contributed by atoms with Crippen molar-refractivity contribution in [3.05, 3.63) is 69.0 Å². The Balaban J connectivity index is 1.94. The number of halogens is 1. The van der Waals surface area contributed by atoms with Crippen LogP contribution in [0.1, 0.15) is 24.4 Å². The van der Waals surface area contributed by atoms with Gasteiger partial charge in [0.15, 0.2) is 5.82 Å². The number of hydrogen-bond acceptors (Lipinski definition) is 7. The molecule has 0 aliphatic carbocycles. The number of nitro groups is 1. The Morgan fingerprint density at radius 1 is 1.25 bits per heavy atom. The SMILES string of the molecule is Cc1c(Cl)cc(S(=O)(=O)NC(C)c2nnnn2-c2ccccc2)cc1[N+](=O)[O-]. The highest BCUT2D eigenvalue weighted by atomic mass is 35.5. The Kier molecular flexibility index (Phi) is 5.40. The van der Waals surface area contributed by atoms with E-state index in [0.717, 1.165) is 6.07 Å². The van der Waals surface area contributed by atoms with Crippen LogP contribution in [0.2, 0.25) is 5.02 Å². The van der Waals surface area contributed by atoms with Crippen molar-refractivity contribution in [3.8, 4) is 5.69 Å². The molecule has 1 N–H and O–H groups in total. The summed E-state index contributed by atoms with van der Waals surface area (Å²) in [4.78, 5) is 10.2. The van der Waals surface area contributed by atoms with E-state index in [0.29, 0.717) is 5.69 Å². The molecule has 28 heavy (non-hydrogen) atoms. The smallest absolute Gasteiger partial charge is 0.258 e. The highest BCUT2D eigenvalue weighted by molar-refractivity contribution is 7.89. The van der Waals surface area contributed by atoms with Gasteiger partial charge in [0.25, 0.3) is 5.69 Å². The number of hydrogen-bond donors (Lipinski definition) is 1. The number of nitro benzene ring substituents is 1. The highest BCUT2D eigenvalue weighted by Gasteiger charge is 2.26. The Morgan fingerprint density at radius 2 is 1.93 bits per heavy atom. The van der Waals surface area contributed by atoms with Gasteiger partial charge in [-0.3, -0.25) is 10.1 Å². The fourth-order valence-corrected chi connectivity index (χ4v) is 4.08. The fraction of sp³-hybridized carbons (Fsp3) is 0.188. The minimum atomic E-state index is -4.13. The zero-order valence-corrected chi connectivity index (χ0v) is 16.3. The van der Waals surface area contributed by atoms with Crippen LogP contribution in [0.25, 0.3) is 5.69 Å². The third-order valence-electron chi connectivity index (χ3n) is 4.01. The Bertz CT molecular complexity index is 1130. The fourth-order valence-electron chi connectivity index (χ4n) is 2.56. The predicted molar refractivity (Wildman–Crippen MR) is 101 cm³/mol. The van der Waals surface area contributed by atoms with Gasteiger partial charge in [0.2, 0.25) is 10.0 Å². The summed E-state index contributed by atoms with van der Waals surface area (Å²) in [5.74, 6) is 0.252. The van der Waals surface area contributed by atoms with Crippen molar-refractivity contribution < 1.29 is 13.3 Å². The van der Waals surface area contributed by atoms with Crippen LogP contribution in [0.4, 0.5) is 5.69 Å². The lowest BCUT2D eigenvalue weighted by atomic mass is 10.2. The maximum absolute atomic E-state index is 12.8. The topological polar surface area (TPSA) is 133 Å². The lowest BCUT2D eigenvalue weighted by Gasteiger charge is -2.14. The summed E-state index contributed by atoms with van der Waals surface area (Å²) >= 11 is 5.98. The average molecular weight is 423 g/mol. The molecule has 0 saturated heterocycles. The summed E-state index contributed by atoms with van der Waals surface area (Å²) in [6.45, 7) is 3.01. The molecule has 1 aromatic heterocycles. The van der Waals surface area contributed by atoms with Gasteiger partial charge >= 0.3 is 0 Å². The molecule has 0 fully saturated rings. The van der Waals surface area contributed by atoms with E-state index in [1.54, 1.807) is 31.2 Å². The summed E-state index contributed by atoms with van der Waals surface area (Å²) in [5, 5.41) is 22.5. The third kappa shape index (κ3) is 3.86. The molecule has 0 radical (unpaired) electrons. The molecule has 1 unspecified atom stereocenters. The minimum absolute atomic E-state index is 0.0173. The van der Waals surface area contributed by atoms with Gasteiger partial charge in [-0.05, 0) is 42.5 Å². The number of tetrazole rings is 1. The Labute approximate surface area is 165 Å². The first-order valence-electron chi connectivity index (χ1n) is 8.01. The van der Waals surface area contributed by atoms with E-state index in [9.17, 15) is 18.5 Å². The van der Waals surface area contributed by atoms with Gasteiger partial charge < -0.3 is 0 Å². The summed E-state index contributed by atoms with van der Waals surface area (Å²) in [7, 11) is -4.13. The molecule has 0 amide bonds. The standard InChI is InChI=1S/C16H15ClN6O4S/c1-10-14(17)8-13(9-15(10)23(24)25)28(26,27)19-11(2)16-18-20-21-22(16)12-6-4-3-5-7-12/h3-9,11,19H,1-2H3. The van der Waals surface area contributed by atoms with Crippen molar-refractivity contribution >= 4 is 27.3 Å². The maximum Gasteiger partial charge on any atom is 0.275 e. The van der Waals surface area contributed by atoms with Crippen molar-refractivity contribution in [1.29, 1.82) is 0 Å². The molecule has 3 rings (SSSR count). The molecule has 12 heteroatoms. The number of rotatable bonds is 6. The summed E-state index contributed by atoms with van der Waals surface area (Å²) in [6, 6.07) is 10.3. The van der Waals surface area contributed by atoms with Crippen LogP contribution in [0.5, 0.6) is 0 Å². The number of nitrogens with one attached hydrogen (secondary N) is 1. The van der Waals surface area contributed by atoms with Crippen molar-refractivity contribution in [2.75, 3.05) is 0 Å². The van der Waals surface area contributed by atoms with Gasteiger partial charge in [-0.15, -0.1) is 5.10 Å². The van der Waals surface area contributed by atoms with E-state index in [1.807, 2.05) is 6.07 Å². The van der Waals surface area contributed by atoms with E-state index < -0.39 is 21.0 Å². The molecule has 10 nitrogen and oxygen atoms in total. The normalized spacial score (nSPS) is 12.7. The maximum atomic E-state index is 12.8. The molecule has 0 bridgehead atoms. The summed E-state index contributed by atoms with van der Waals surface area (Å²) in [6.07, 6.45) is 0. The first kappa shape index (κ1) is 19.9. The molecular weight excluding hydrogens is 408 g/mol. The monoisotopic (exact) mass is 422 g/mol. The molecule has 0 saturated carbocycles. The largest absolute Gasteiger partial charge is 0.275 e. The van der Waals surface area contributed by atoms with Gasteiger partial charge in [0.1, 0.15) is 0 Å². The minimum Gasteiger partial charge on any atom is -0.258 e. The Morgan fingerprint density at radius 3 is 2.57 bits per heavy atom. The van der Waals surface area contributed by atoms with Gasteiger partial charge in [-0.1, -0.05) is 29.8 Å². The molecule has 2 aromatic carbocycles. The number of sulfonamides is 1. The highest BCUT2D eigenvalue weighted by Crippen LogP contribution is 2.30. The van der Waals surface area contributed by atoms with Crippen LogP contribution in [0, 0.1) is 17.0 Å². The second-order valence-corrected chi connectivity index (χ2v) is 8.05. The molecular formula is C16H15ClN6O4S. The second kappa shape index (κ2) is 7.62. The predicted octanol–water partition coefficient (Wildman–Crippen LogP) is 2.57. The first-order chi connectivity index (χ1) is 13.2. The van der Waals surface area contributed by atoms with E-state index in [2.05, 4.69) is 20.2 Å². The van der Waals surface area contributed by atoms with E-state index in [1.165, 1.54) is 17.7 Å². The number of aromatic nitrogens is 4. The van der Waals surface area contributed by atoms with Crippen LogP contribution in [0.3, 0.4) is 0 Å². The average Bonchev–Trinajstić information content (AvgIpc) is 3.14. The molecule has 3 aromatic rings. The Hall–Kier alpha value is -2.89. The molecule has 1 heterocycles. The van der Waals surface area contributed by atoms with Gasteiger partial charge in [0.05, 0.1) is 26.6 Å². The quantitative estimate of drug-likeness (QED) is 0.476. The first-order valence-corrected chi connectivity index (χ1v) is 9.87. The molecule has 0 spiro atoms. The lowest BCUT2D eigenvalue weighted by Crippen LogP contribution is -2.29. The second-order valence-electron chi connectivity index (χ2n) is 5.93. The molecule has 0 aliphatic heterocycles. The third-order valence-corrected chi connectivity index (χ3v) is 5.92. The lowest BCUT2D eigenvalue weighted by molar-refractivity contribution is -0.385. The van der Waals surface area contributed by atoms with E-state index in [-0.39, 0.29) is 27.0 Å². The van der Waals surface area contributed by atoms with Crippen molar-refractivity contribution in [2.45, 2.75) is 24.8 Å². The van der Waals surface area contributed by atoms with Crippen molar-refractivity contribution in [2.24, 2.45) is 0 Å². The van der Waals surface area contributed by atoms with Crippen molar-refractivity contribution in [3.63, 3.8) is 0 Å². The summed E-state index contributed by atoms with van der Waals surface area (Å²) in [5.41, 5.74) is 0.462. The zero-order valence-electron chi connectivity index (χ0n) is 14.8. The van der Waals surface area contributed by atoms with Crippen LogP contribution in [0.15, 0.2) is 47.4 Å². The molecule has 1 atom stereocenters. The number of nitrogens with zero attached hydrogens (tertiary/aromatic N) is 5. The van der Waals surface area contributed by atoms with Gasteiger partial charge in [0, 0.05) is 11.6 Å². The zero-order chi connectivity index (χ0) is 20.5. The van der Waals surface area contributed by atoms with E-state index >= 15 is 0 Å². The summed E-state index contributed by atoms with van der Waals surface area (Å²) < 4.78 is 29.3. The van der Waals surface area contributed by atoms with Crippen LogP contribution in [-0.2, 0) is 10.0 Å². The number of para-hydroxylation sites is 1. The van der Waals surface area contributed by atoms with Gasteiger partial charge in [-0.2, -0.15) is 4.68 Å². The van der Waals surface area contributed by atoms with Crippen LogP contribution < -0.4 is 4.72 Å². The number of benzene rings is 2. The molecule has 146 valence electrons. The van der Waals surface area contributed by atoms with Crippen LogP contribution >= 0.6 is 11.6 Å². The molecule has 0 aliphatic rings.